The Morgan fingerprint density at radius 3 is 2.82 bits per heavy atom. The third-order valence-electron chi connectivity index (χ3n) is 1.66. The molecule has 1 aromatic rings. The normalized spacial score (nSPS) is 16.5. The van der Waals surface area contributed by atoms with Crippen LogP contribution in [-0.4, -0.2) is 11.0 Å². The molecule has 1 N–H and O–H groups in total. The Morgan fingerprint density at radius 1 is 1.45 bits per heavy atom. The van der Waals surface area contributed by atoms with E-state index in [1.54, 1.807) is 6.07 Å². The number of nitrogens with one attached hydrogen (secondary N) is 1. The van der Waals surface area contributed by atoms with Crippen LogP contribution in [0.3, 0.4) is 0 Å². The lowest BCUT2D eigenvalue weighted by Crippen LogP contribution is -2.02. The molecule has 1 aromatic heterocycles. The van der Waals surface area contributed by atoms with Gasteiger partial charge in [-0.3, -0.25) is 0 Å². The Hall–Kier alpha value is -1.12. The summed E-state index contributed by atoms with van der Waals surface area (Å²) in [5.74, 6) is 0.486. The molecule has 2 rings (SSSR count). The number of anilines is 1. The Balaban J connectivity index is 2.06. The molecule has 0 aliphatic heterocycles. The summed E-state index contributed by atoms with van der Waals surface area (Å²) in [5, 5.41) is 3.17. The van der Waals surface area contributed by atoms with E-state index >= 15 is 0 Å². The first kappa shape index (κ1) is 6.58. The van der Waals surface area contributed by atoms with E-state index in [9.17, 15) is 4.39 Å². The highest BCUT2D eigenvalue weighted by Gasteiger charge is 2.20. The fourth-order valence-corrected chi connectivity index (χ4v) is 0.898. The van der Waals surface area contributed by atoms with E-state index in [-0.39, 0.29) is 5.82 Å². The molecule has 0 bridgehead atoms. The van der Waals surface area contributed by atoms with Crippen molar-refractivity contribution in [2.75, 3.05) is 5.32 Å². The third-order valence-corrected chi connectivity index (χ3v) is 1.66. The van der Waals surface area contributed by atoms with Crippen LogP contribution in [-0.2, 0) is 0 Å². The molecule has 0 amide bonds. The summed E-state index contributed by atoms with van der Waals surface area (Å²) in [5.41, 5.74) is 0. The lowest BCUT2D eigenvalue weighted by Gasteiger charge is -2.00. The maximum Gasteiger partial charge on any atom is 0.141 e. The van der Waals surface area contributed by atoms with Crippen LogP contribution in [0.25, 0.3) is 0 Å². The quantitative estimate of drug-likeness (QED) is 0.698. The van der Waals surface area contributed by atoms with E-state index < -0.39 is 0 Å². The number of rotatable bonds is 2. The summed E-state index contributed by atoms with van der Waals surface area (Å²) in [6, 6.07) is 3.65. The molecular formula is C8H9FN2. The van der Waals surface area contributed by atoms with Crippen molar-refractivity contribution in [1.82, 2.24) is 4.98 Å². The van der Waals surface area contributed by atoms with Gasteiger partial charge in [-0.05, 0) is 25.0 Å². The van der Waals surface area contributed by atoms with Crippen molar-refractivity contribution >= 4 is 5.82 Å². The van der Waals surface area contributed by atoms with Gasteiger partial charge in [-0.2, -0.15) is 0 Å². The minimum atomic E-state index is -0.286. The number of pyridine rings is 1. The topological polar surface area (TPSA) is 24.9 Å². The highest BCUT2D eigenvalue weighted by molar-refractivity contribution is 5.36. The first-order valence-corrected chi connectivity index (χ1v) is 3.73. The predicted octanol–water partition coefficient (Wildman–Crippen LogP) is 1.79. The van der Waals surface area contributed by atoms with Crippen molar-refractivity contribution in [1.29, 1.82) is 0 Å². The minimum Gasteiger partial charge on any atom is -0.367 e. The molecule has 1 fully saturated rings. The van der Waals surface area contributed by atoms with E-state index in [0.717, 1.165) is 5.82 Å². The Labute approximate surface area is 64.5 Å². The van der Waals surface area contributed by atoms with Crippen LogP contribution >= 0.6 is 0 Å². The summed E-state index contributed by atoms with van der Waals surface area (Å²) in [7, 11) is 0. The molecule has 1 saturated carbocycles. The van der Waals surface area contributed by atoms with Gasteiger partial charge in [0.2, 0.25) is 0 Å². The maximum atomic E-state index is 12.3. The van der Waals surface area contributed by atoms with Gasteiger partial charge in [-0.25, -0.2) is 9.37 Å². The number of aromatic nitrogens is 1. The van der Waals surface area contributed by atoms with Crippen LogP contribution in [0.4, 0.5) is 10.2 Å². The molecule has 0 unspecified atom stereocenters. The van der Waals surface area contributed by atoms with Gasteiger partial charge in [0.15, 0.2) is 0 Å². The van der Waals surface area contributed by atoms with Gasteiger partial charge in [0, 0.05) is 6.04 Å². The molecule has 0 saturated heterocycles. The highest BCUT2D eigenvalue weighted by Crippen LogP contribution is 2.23. The van der Waals surface area contributed by atoms with Gasteiger partial charge in [-0.15, -0.1) is 0 Å². The van der Waals surface area contributed by atoms with Crippen LogP contribution in [0.1, 0.15) is 12.8 Å². The fourth-order valence-electron chi connectivity index (χ4n) is 0.898. The van der Waals surface area contributed by atoms with Crippen molar-refractivity contribution < 1.29 is 4.39 Å². The van der Waals surface area contributed by atoms with Crippen LogP contribution in [0.2, 0.25) is 0 Å². The monoisotopic (exact) mass is 152 g/mol. The van der Waals surface area contributed by atoms with E-state index in [1.807, 2.05) is 0 Å². The average Bonchev–Trinajstić information content (AvgIpc) is 2.78. The Kier molecular flexibility index (Phi) is 1.49. The van der Waals surface area contributed by atoms with Gasteiger partial charge in [0.05, 0.1) is 6.20 Å². The second-order valence-corrected chi connectivity index (χ2v) is 2.78. The third kappa shape index (κ3) is 1.67. The van der Waals surface area contributed by atoms with Crippen LogP contribution in [0.15, 0.2) is 18.3 Å². The second-order valence-electron chi connectivity index (χ2n) is 2.78. The summed E-state index contributed by atoms with van der Waals surface area (Å²) in [6.45, 7) is 0. The summed E-state index contributed by atoms with van der Waals surface area (Å²) in [4.78, 5) is 3.87. The SMILES string of the molecule is Fc1ccc(NC2CC2)nc1. The van der Waals surface area contributed by atoms with Crippen LogP contribution in [0, 0.1) is 5.82 Å². The van der Waals surface area contributed by atoms with E-state index in [4.69, 9.17) is 0 Å². The van der Waals surface area contributed by atoms with Crippen molar-refractivity contribution in [2.24, 2.45) is 0 Å². The number of hydrogen-bond acceptors (Lipinski definition) is 2. The molecule has 0 aromatic carbocycles. The van der Waals surface area contributed by atoms with E-state index in [2.05, 4.69) is 10.3 Å². The van der Waals surface area contributed by atoms with Gasteiger partial charge >= 0.3 is 0 Å². The van der Waals surface area contributed by atoms with Gasteiger partial charge in [0.1, 0.15) is 11.6 Å². The molecule has 58 valence electrons. The van der Waals surface area contributed by atoms with E-state index in [1.165, 1.54) is 25.1 Å². The lowest BCUT2D eigenvalue weighted by molar-refractivity contribution is 0.621. The average molecular weight is 152 g/mol. The first-order chi connectivity index (χ1) is 5.34. The molecule has 3 heteroatoms. The molecule has 11 heavy (non-hydrogen) atoms. The van der Waals surface area contributed by atoms with Crippen molar-refractivity contribution in [2.45, 2.75) is 18.9 Å². The molecule has 0 radical (unpaired) electrons. The molecule has 0 atom stereocenters. The zero-order valence-electron chi connectivity index (χ0n) is 6.05. The number of hydrogen-bond donors (Lipinski definition) is 1. The van der Waals surface area contributed by atoms with Gasteiger partial charge in [0.25, 0.3) is 0 Å². The molecule has 1 aliphatic carbocycles. The molecule has 1 aliphatic rings. The zero-order chi connectivity index (χ0) is 7.68. The van der Waals surface area contributed by atoms with Crippen molar-refractivity contribution in [3.05, 3.63) is 24.1 Å². The number of halogens is 1. The summed E-state index contributed by atoms with van der Waals surface area (Å²) in [6.07, 6.45) is 3.64. The summed E-state index contributed by atoms with van der Waals surface area (Å²) >= 11 is 0. The van der Waals surface area contributed by atoms with Gasteiger partial charge < -0.3 is 5.32 Å². The zero-order valence-corrected chi connectivity index (χ0v) is 6.05. The highest BCUT2D eigenvalue weighted by atomic mass is 19.1. The van der Waals surface area contributed by atoms with E-state index in [0.29, 0.717) is 6.04 Å². The Morgan fingerprint density at radius 2 is 2.27 bits per heavy atom. The minimum absolute atomic E-state index is 0.286. The lowest BCUT2D eigenvalue weighted by atomic mass is 10.4. The standard InChI is InChI=1S/C8H9FN2/c9-6-1-4-8(10-5-6)11-7-2-3-7/h1,4-5,7H,2-3H2,(H,10,11). The second kappa shape index (κ2) is 2.49. The predicted molar refractivity (Wildman–Crippen MR) is 40.8 cm³/mol. The smallest absolute Gasteiger partial charge is 0.141 e. The molecular weight excluding hydrogens is 143 g/mol. The Bertz CT molecular complexity index is 241. The maximum absolute atomic E-state index is 12.3. The molecule has 0 spiro atoms. The molecule has 2 nitrogen and oxygen atoms in total. The molecule has 1 heterocycles. The van der Waals surface area contributed by atoms with Crippen LogP contribution < -0.4 is 5.32 Å². The van der Waals surface area contributed by atoms with Crippen molar-refractivity contribution in [3.63, 3.8) is 0 Å². The largest absolute Gasteiger partial charge is 0.367 e. The first-order valence-electron chi connectivity index (χ1n) is 3.73. The summed E-state index contributed by atoms with van der Waals surface area (Å²) < 4.78 is 12.3. The van der Waals surface area contributed by atoms with Crippen LogP contribution in [0.5, 0.6) is 0 Å². The number of nitrogens with zero attached hydrogens (tertiary/aromatic N) is 1. The van der Waals surface area contributed by atoms with Gasteiger partial charge in [-0.1, -0.05) is 0 Å². The van der Waals surface area contributed by atoms with Crippen molar-refractivity contribution in [3.8, 4) is 0 Å². The fraction of sp³-hybridized carbons (Fsp3) is 0.375.